The third kappa shape index (κ3) is 4.83. The van der Waals surface area contributed by atoms with Gasteiger partial charge >= 0.3 is 0 Å². The molecule has 0 aliphatic carbocycles. The van der Waals surface area contributed by atoms with Gasteiger partial charge in [0.25, 0.3) is 0 Å². The molecule has 0 unspecified atom stereocenters. The summed E-state index contributed by atoms with van der Waals surface area (Å²) in [6, 6.07) is 29.1. The minimum atomic E-state index is 0.531. The van der Waals surface area contributed by atoms with Crippen LogP contribution in [-0.4, -0.2) is 49.9 Å². The van der Waals surface area contributed by atoms with E-state index < -0.39 is 0 Å². The first-order valence-corrected chi connectivity index (χ1v) is 10.3. The van der Waals surface area contributed by atoms with E-state index in [2.05, 4.69) is 59.9 Å². The number of nitrogens with one attached hydrogen (secondary N) is 1. The summed E-state index contributed by atoms with van der Waals surface area (Å²) in [7, 11) is 7.90. The molecule has 4 aromatic carbocycles. The number of anilines is 1. The van der Waals surface area contributed by atoms with Crippen LogP contribution in [0.4, 0.5) is 11.4 Å². The van der Waals surface area contributed by atoms with Crippen molar-refractivity contribution in [3.05, 3.63) is 84.9 Å². The molecule has 0 bridgehead atoms. The van der Waals surface area contributed by atoms with Crippen LogP contribution in [0, 0.1) is 0 Å². The molecule has 0 aliphatic rings. The first-order valence-electron chi connectivity index (χ1n) is 10.3. The second kappa shape index (κ2) is 8.88. The minimum Gasteiger partial charge on any atom is -0.349 e. The quantitative estimate of drug-likeness (QED) is 0.348. The van der Waals surface area contributed by atoms with Crippen LogP contribution in [0.1, 0.15) is 0 Å². The minimum absolute atomic E-state index is 0.531. The number of fused-ring (bicyclic) bond motifs is 2. The average molecular weight is 410 g/mol. The zero-order valence-corrected chi connectivity index (χ0v) is 18.4. The molecule has 0 radical (unpaired) electrons. The molecule has 0 fully saturated rings. The largest absolute Gasteiger partial charge is 0.349 e. The Kier molecular flexibility index (Phi) is 5.85. The summed E-state index contributed by atoms with van der Waals surface area (Å²) in [4.78, 5) is 13.6. The van der Waals surface area contributed by atoms with Crippen LogP contribution in [0.3, 0.4) is 0 Å². The molecule has 1 N–H and O–H groups in total. The molecule has 4 aromatic rings. The van der Waals surface area contributed by atoms with Gasteiger partial charge in [-0.15, -0.1) is 0 Å². The standard InChI is InChI=1S/C26H27N5/c1-30(2)26(31(3)4)29-25(27-23-15-13-19-9-5-7-11-21(19)17-23)28-24-16-14-20-10-6-8-12-22(20)18-24/h5-18H,1-4H3,(H,27,28). The van der Waals surface area contributed by atoms with Crippen molar-refractivity contribution in [2.45, 2.75) is 0 Å². The second-order valence-electron chi connectivity index (χ2n) is 7.85. The summed E-state index contributed by atoms with van der Waals surface area (Å²) in [5.74, 6) is 1.33. The van der Waals surface area contributed by atoms with E-state index in [1.54, 1.807) is 0 Å². The number of benzene rings is 4. The van der Waals surface area contributed by atoms with Gasteiger partial charge in [0, 0.05) is 33.9 Å². The number of hydrogen-bond acceptors (Lipinski definition) is 1. The normalized spacial score (nSPS) is 11.4. The smallest absolute Gasteiger partial charge is 0.231 e. The average Bonchev–Trinajstić information content (AvgIpc) is 2.76. The highest BCUT2D eigenvalue weighted by atomic mass is 15.4. The number of hydrogen-bond donors (Lipinski definition) is 1. The molecule has 4 rings (SSSR count). The summed E-state index contributed by atoms with van der Waals surface area (Å²) < 4.78 is 0. The third-order valence-electron chi connectivity index (χ3n) is 4.98. The molecule has 0 spiro atoms. The number of aliphatic imine (C=N–C) groups is 2. The van der Waals surface area contributed by atoms with E-state index in [-0.39, 0.29) is 0 Å². The van der Waals surface area contributed by atoms with Gasteiger partial charge in [-0.1, -0.05) is 60.7 Å². The SMILES string of the molecule is CN(C)C(=N/C(=N\c1ccc2ccccc2c1)Nc1ccc2ccccc2c1)N(C)C. The molecule has 31 heavy (non-hydrogen) atoms. The number of nitrogens with zero attached hydrogens (tertiary/aromatic N) is 4. The summed E-state index contributed by atoms with van der Waals surface area (Å²) in [6.45, 7) is 0. The molecule has 0 amide bonds. The van der Waals surface area contributed by atoms with Crippen molar-refractivity contribution in [2.75, 3.05) is 33.5 Å². The van der Waals surface area contributed by atoms with Crippen molar-refractivity contribution >= 4 is 44.8 Å². The van der Waals surface area contributed by atoms with Gasteiger partial charge in [0.2, 0.25) is 11.9 Å². The van der Waals surface area contributed by atoms with Crippen molar-refractivity contribution < 1.29 is 0 Å². The monoisotopic (exact) mass is 409 g/mol. The maximum atomic E-state index is 4.85. The van der Waals surface area contributed by atoms with Gasteiger partial charge in [0.05, 0.1) is 5.69 Å². The molecule has 5 nitrogen and oxygen atoms in total. The van der Waals surface area contributed by atoms with Crippen LogP contribution in [0.25, 0.3) is 21.5 Å². The zero-order chi connectivity index (χ0) is 21.8. The highest BCUT2D eigenvalue weighted by Crippen LogP contribution is 2.23. The van der Waals surface area contributed by atoms with Gasteiger partial charge in [0.15, 0.2) is 0 Å². The molecule has 5 heteroatoms. The van der Waals surface area contributed by atoms with Crippen molar-refractivity contribution in [1.29, 1.82) is 0 Å². The van der Waals surface area contributed by atoms with E-state index >= 15 is 0 Å². The molecule has 0 aromatic heterocycles. The summed E-state index contributed by atoms with van der Waals surface area (Å²) in [5.41, 5.74) is 1.79. The van der Waals surface area contributed by atoms with Crippen molar-refractivity contribution in [3.8, 4) is 0 Å². The fraction of sp³-hybridized carbons (Fsp3) is 0.154. The van der Waals surface area contributed by atoms with E-state index in [4.69, 9.17) is 9.98 Å². The van der Waals surface area contributed by atoms with E-state index in [1.165, 1.54) is 16.2 Å². The maximum Gasteiger partial charge on any atom is 0.231 e. The van der Waals surface area contributed by atoms with E-state index in [0.717, 1.165) is 22.7 Å². The second-order valence-corrected chi connectivity index (χ2v) is 7.85. The fourth-order valence-electron chi connectivity index (χ4n) is 3.54. The Hall–Kier alpha value is -3.86. The predicted molar refractivity (Wildman–Crippen MR) is 133 cm³/mol. The Morgan fingerprint density at radius 3 is 1.81 bits per heavy atom. The molecule has 0 saturated heterocycles. The molecule has 0 heterocycles. The Labute approximate surface area is 183 Å². The van der Waals surface area contributed by atoms with Crippen LogP contribution in [0.15, 0.2) is 94.9 Å². The lowest BCUT2D eigenvalue weighted by Gasteiger charge is -2.23. The van der Waals surface area contributed by atoms with Gasteiger partial charge in [-0.3, -0.25) is 0 Å². The predicted octanol–water partition coefficient (Wildman–Crippen LogP) is 5.57. The van der Waals surface area contributed by atoms with Gasteiger partial charge < -0.3 is 15.1 Å². The highest BCUT2D eigenvalue weighted by molar-refractivity contribution is 6.04. The molecule has 0 saturated carbocycles. The molecular formula is C26H27N5. The van der Waals surface area contributed by atoms with E-state index in [1.807, 2.05) is 68.3 Å². The van der Waals surface area contributed by atoms with Crippen LogP contribution >= 0.6 is 0 Å². The lowest BCUT2D eigenvalue weighted by Crippen LogP contribution is -2.36. The fourth-order valence-corrected chi connectivity index (χ4v) is 3.54. The van der Waals surface area contributed by atoms with Gasteiger partial charge in [-0.2, -0.15) is 4.99 Å². The Bertz CT molecular complexity index is 1260. The number of guanidine groups is 2. The highest BCUT2D eigenvalue weighted by Gasteiger charge is 2.09. The zero-order valence-electron chi connectivity index (χ0n) is 18.4. The summed E-state index contributed by atoms with van der Waals surface area (Å²) >= 11 is 0. The van der Waals surface area contributed by atoms with E-state index in [9.17, 15) is 0 Å². The van der Waals surface area contributed by atoms with Crippen molar-refractivity contribution in [3.63, 3.8) is 0 Å². The lowest BCUT2D eigenvalue weighted by atomic mass is 10.1. The van der Waals surface area contributed by atoms with Crippen LogP contribution in [-0.2, 0) is 0 Å². The molecular weight excluding hydrogens is 382 g/mol. The lowest BCUT2D eigenvalue weighted by molar-refractivity contribution is 0.485. The Morgan fingerprint density at radius 2 is 1.19 bits per heavy atom. The van der Waals surface area contributed by atoms with Gasteiger partial charge in [0.1, 0.15) is 0 Å². The summed E-state index contributed by atoms with van der Waals surface area (Å²) in [5, 5.41) is 8.13. The first kappa shape index (κ1) is 20.4. The Balaban J connectivity index is 1.77. The van der Waals surface area contributed by atoms with Gasteiger partial charge in [-0.05, 0) is 45.8 Å². The molecule has 0 atom stereocenters. The van der Waals surface area contributed by atoms with Crippen molar-refractivity contribution in [2.24, 2.45) is 9.98 Å². The third-order valence-corrected chi connectivity index (χ3v) is 4.98. The summed E-state index contributed by atoms with van der Waals surface area (Å²) in [6.07, 6.45) is 0. The maximum absolute atomic E-state index is 4.85. The topological polar surface area (TPSA) is 43.2 Å². The van der Waals surface area contributed by atoms with Crippen LogP contribution < -0.4 is 5.32 Å². The molecule has 0 aliphatic heterocycles. The number of rotatable bonds is 2. The van der Waals surface area contributed by atoms with Gasteiger partial charge in [-0.25, -0.2) is 4.99 Å². The van der Waals surface area contributed by atoms with Crippen molar-refractivity contribution in [1.82, 2.24) is 9.80 Å². The van der Waals surface area contributed by atoms with Crippen LogP contribution in [0.2, 0.25) is 0 Å². The van der Waals surface area contributed by atoms with Crippen LogP contribution in [0.5, 0.6) is 0 Å². The van der Waals surface area contributed by atoms with E-state index in [0.29, 0.717) is 5.96 Å². The first-order chi connectivity index (χ1) is 15.0. The Morgan fingerprint density at radius 1 is 0.645 bits per heavy atom. The molecule has 156 valence electrons.